The first-order valence-electron chi connectivity index (χ1n) is 8.71. The lowest BCUT2D eigenvalue weighted by Crippen LogP contribution is -2.16. The summed E-state index contributed by atoms with van der Waals surface area (Å²) in [6, 6.07) is 23.4. The van der Waals surface area contributed by atoms with Crippen molar-refractivity contribution in [1.82, 2.24) is 9.55 Å². The molecule has 0 atom stereocenters. The zero-order valence-electron chi connectivity index (χ0n) is 15.2. The van der Waals surface area contributed by atoms with E-state index in [4.69, 9.17) is 10.1 Å². The molecule has 0 amide bonds. The molecule has 5 nitrogen and oxygen atoms in total. The molecule has 2 heterocycles. The maximum Gasteiger partial charge on any atom is 0.196 e. The summed E-state index contributed by atoms with van der Waals surface area (Å²) in [7, 11) is 1.65. The number of rotatable bonds is 4. The number of methoxy groups -OCH3 is 1. The quantitative estimate of drug-likeness (QED) is 0.413. The Morgan fingerprint density at radius 3 is 2.43 bits per heavy atom. The lowest BCUT2D eigenvalue weighted by Gasteiger charge is -2.10. The number of ether oxygens (including phenoxy) is 1. The van der Waals surface area contributed by atoms with Gasteiger partial charge < -0.3 is 4.74 Å². The average Bonchev–Trinajstić information content (AvgIpc) is 3.18. The van der Waals surface area contributed by atoms with Crippen LogP contribution in [-0.2, 0) is 0 Å². The maximum absolute atomic E-state index is 8.35. The second-order valence-electron chi connectivity index (χ2n) is 5.98. The van der Waals surface area contributed by atoms with Crippen LogP contribution in [0.1, 0.15) is 5.69 Å². The summed E-state index contributed by atoms with van der Waals surface area (Å²) in [4.78, 5) is 9.50. The van der Waals surface area contributed by atoms with Gasteiger partial charge in [0.1, 0.15) is 11.4 Å². The second kappa shape index (κ2) is 8.02. The highest BCUT2D eigenvalue weighted by molar-refractivity contribution is 7.07. The highest BCUT2D eigenvalue weighted by Gasteiger charge is 2.11. The molecule has 0 saturated heterocycles. The molecule has 0 aliphatic carbocycles. The van der Waals surface area contributed by atoms with Crippen LogP contribution in [0.4, 0.5) is 0 Å². The molecule has 0 bridgehead atoms. The zero-order valence-corrected chi connectivity index (χ0v) is 16.1. The van der Waals surface area contributed by atoms with Crippen molar-refractivity contribution in [1.29, 1.82) is 5.41 Å². The zero-order chi connectivity index (χ0) is 19.3. The van der Waals surface area contributed by atoms with Crippen LogP contribution in [0, 0.1) is 5.41 Å². The van der Waals surface area contributed by atoms with Crippen LogP contribution in [0.2, 0.25) is 0 Å². The third kappa shape index (κ3) is 3.63. The molecule has 0 unspecified atom stereocenters. The molecule has 0 fully saturated rings. The molecule has 6 heteroatoms. The number of amidine groups is 1. The van der Waals surface area contributed by atoms with Crippen LogP contribution in [0.5, 0.6) is 5.75 Å². The van der Waals surface area contributed by atoms with Gasteiger partial charge in [0.05, 0.1) is 12.8 Å². The molecule has 2 aromatic carbocycles. The topological polar surface area (TPSA) is 63.3 Å². The number of hydrogen-bond donors (Lipinski definition) is 1. The van der Waals surface area contributed by atoms with Crippen LogP contribution in [-0.4, -0.2) is 22.5 Å². The van der Waals surface area contributed by atoms with Gasteiger partial charge in [-0.3, -0.25) is 15.0 Å². The Morgan fingerprint density at radius 2 is 1.75 bits per heavy atom. The van der Waals surface area contributed by atoms with Crippen molar-refractivity contribution >= 4 is 17.2 Å². The SMILES string of the molecule is COc1ccc(-n2c(-c3ccccc3)csc2=NC(=N)c2ccccn2)cc1. The van der Waals surface area contributed by atoms with E-state index in [-0.39, 0.29) is 5.84 Å². The van der Waals surface area contributed by atoms with Crippen molar-refractivity contribution in [3.8, 4) is 22.7 Å². The van der Waals surface area contributed by atoms with Crippen LogP contribution in [0.15, 0.2) is 89.4 Å². The fourth-order valence-corrected chi connectivity index (χ4v) is 3.75. The first kappa shape index (κ1) is 17.9. The number of thiazole rings is 1. The Hall–Kier alpha value is -3.51. The third-order valence-electron chi connectivity index (χ3n) is 4.22. The summed E-state index contributed by atoms with van der Waals surface area (Å²) >= 11 is 1.50. The number of aromatic nitrogens is 2. The van der Waals surface area contributed by atoms with Gasteiger partial charge in [0.2, 0.25) is 0 Å². The number of benzene rings is 2. The normalized spacial score (nSPS) is 11.4. The van der Waals surface area contributed by atoms with Crippen molar-refractivity contribution in [2.24, 2.45) is 4.99 Å². The van der Waals surface area contributed by atoms with Crippen LogP contribution < -0.4 is 9.54 Å². The van der Waals surface area contributed by atoms with Gasteiger partial charge in [-0.05, 0) is 42.0 Å². The molecular weight excluding hydrogens is 368 g/mol. The standard InChI is InChI=1S/C22H18N4OS/c1-27-18-12-10-17(11-13-18)26-20(16-7-3-2-4-8-16)15-28-22(26)25-21(23)19-9-5-6-14-24-19/h2-15,23H,1H3. The lowest BCUT2D eigenvalue weighted by atomic mass is 10.1. The van der Waals surface area contributed by atoms with Crippen molar-refractivity contribution in [2.45, 2.75) is 0 Å². The van der Waals surface area contributed by atoms with Gasteiger partial charge in [-0.25, -0.2) is 0 Å². The first-order valence-corrected chi connectivity index (χ1v) is 9.59. The molecule has 0 spiro atoms. The van der Waals surface area contributed by atoms with E-state index in [1.54, 1.807) is 19.4 Å². The summed E-state index contributed by atoms with van der Waals surface area (Å²) in [6.45, 7) is 0. The van der Waals surface area contributed by atoms with Crippen molar-refractivity contribution in [3.05, 3.63) is 94.9 Å². The Balaban J connectivity index is 1.88. The van der Waals surface area contributed by atoms with E-state index >= 15 is 0 Å². The number of pyridine rings is 1. The van der Waals surface area contributed by atoms with Gasteiger partial charge in [0, 0.05) is 17.3 Å². The summed E-state index contributed by atoms with van der Waals surface area (Å²) in [5.74, 6) is 0.921. The van der Waals surface area contributed by atoms with Gasteiger partial charge in [-0.1, -0.05) is 36.4 Å². The lowest BCUT2D eigenvalue weighted by molar-refractivity contribution is 0.414. The summed E-state index contributed by atoms with van der Waals surface area (Å²) in [5.41, 5.74) is 3.59. The molecule has 0 aliphatic heterocycles. The van der Waals surface area contributed by atoms with Crippen LogP contribution in [0.25, 0.3) is 16.9 Å². The Labute approximate surface area is 166 Å². The minimum atomic E-state index is 0.129. The summed E-state index contributed by atoms with van der Waals surface area (Å²) in [5, 5.41) is 10.4. The molecule has 2 aromatic heterocycles. The third-order valence-corrected chi connectivity index (χ3v) is 5.05. The highest BCUT2D eigenvalue weighted by Crippen LogP contribution is 2.24. The molecule has 0 radical (unpaired) electrons. The number of hydrogen-bond acceptors (Lipinski definition) is 4. The average molecular weight is 386 g/mol. The fraction of sp³-hybridized carbons (Fsp3) is 0.0455. The molecule has 28 heavy (non-hydrogen) atoms. The van der Waals surface area contributed by atoms with E-state index < -0.39 is 0 Å². The molecular formula is C22H18N4OS. The Morgan fingerprint density at radius 1 is 1.00 bits per heavy atom. The van der Waals surface area contributed by atoms with E-state index in [1.165, 1.54) is 11.3 Å². The summed E-state index contributed by atoms with van der Waals surface area (Å²) in [6.07, 6.45) is 1.67. The Bertz CT molecular complexity index is 1150. The minimum Gasteiger partial charge on any atom is -0.497 e. The van der Waals surface area contributed by atoms with Gasteiger partial charge in [0.15, 0.2) is 10.6 Å². The van der Waals surface area contributed by atoms with E-state index in [2.05, 4.69) is 32.1 Å². The Kier molecular flexibility index (Phi) is 5.12. The summed E-state index contributed by atoms with van der Waals surface area (Å²) < 4.78 is 7.33. The smallest absolute Gasteiger partial charge is 0.196 e. The van der Waals surface area contributed by atoms with Gasteiger partial charge in [-0.2, -0.15) is 4.99 Å². The minimum absolute atomic E-state index is 0.129. The van der Waals surface area contributed by atoms with Gasteiger partial charge >= 0.3 is 0 Å². The van der Waals surface area contributed by atoms with Gasteiger partial charge in [0.25, 0.3) is 0 Å². The predicted octanol–water partition coefficient (Wildman–Crippen LogP) is 4.54. The van der Waals surface area contributed by atoms with Crippen molar-refractivity contribution in [2.75, 3.05) is 7.11 Å². The molecule has 1 N–H and O–H groups in total. The molecule has 0 aliphatic rings. The molecule has 0 saturated carbocycles. The fourth-order valence-electron chi connectivity index (χ4n) is 2.84. The van der Waals surface area contributed by atoms with Crippen LogP contribution in [0.3, 0.4) is 0 Å². The highest BCUT2D eigenvalue weighted by atomic mass is 32.1. The van der Waals surface area contributed by atoms with Crippen molar-refractivity contribution < 1.29 is 4.74 Å². The number of nitrogens with zero attached hydrogens (tertiary/aromatic N) is 3. The van der Waals surface area contributed by atoms with E-state index in [0.717, 1.165) is 22.7 Å². The number of nitrogens with one attached hydrogen (secondary N) is 1. The molecule has 138 valence electrons. The van der Waals surface area contributed by atoms with E-state index in [9.17, 15) is 0 Å². The molecule has 4 aromatic rings. The van der Waals surface area contributed by atoms with Crippen molar-refractivity contribution in [3.63, 3.8) is 0 Å². The van der Waals surface area contributed by atoms with E-state index in [0.29, 0.717) is 10.5 Å². The van der Waals surface area contributed by atoms with Gasteiger partial charge in [-0.15, -0.1) is 11.3 Å². The van der Waals surface area contributed by atoms with Crippen LogP contribution >= 0.6 is 11.3 Å². The second-order valence-corrected chi connectivity index (χ2v) is 6.81. The van der Waals surface area contributed by atoms with E-state index in [1.807, 2.05) is 54.6 Å². The largest absolute Gasteiger partial charge is 0.497 e. The monoisotopic (exact) mass is 386 g/mol. The first-order chi connectivity index (χ1) is 13.8. The molecule has 4 rings (SSSR count). The predicted molar refractivity (Wildman–Crippen MR) is 112 cm³/mol. The maximum atomic E-state index is 8.35.